The Morgan fingerprint density at radius 1 is 1.56 bits per heavy atom. The van der Waals surface area contributed by atoms with Crippen molar-refractivity contribution >= 4 is 39.2 Å². The van der Waals surface area contributed by atoms with Crippen LogP contribution < -0.4 is 11.1 Å². The van der Waals surface area contributed by atoms with E-state index in [1.165, 1.54) is 25.0 Å². The second kappa shape index (κ2) is 6.15. The molecule has 1 aromatic heterocycles. The summed E-state index contributed by atoms with van der Waals surface area (Å²) in [5, 5.41) is 4.29. The van der Waals surface area contributed by atoms with Crippen molar-refractivity contribution in [3.8, 4) is 0 Å². The van der Waals surface area contributed by atoms with Gasteiger partial charge in [0.25, 0.3) is 0 Å². The van der Waals surface area contributed by atoms with Gasteiger partial charge in [0.15, 0.2) is 0 Å². The first kappa shape index (κ1) is 14.0. The molecule has 2 unspecified atom stereocenters. The molecule has 0 saturated heterocycles. The Kier molecular flexibility index (Phi) is 4.78. The molecule has 1 fully saturated rings. The van der Waals surface area contributed by atoms with Crippen LogP contribution >= 0.6 is 27.7 Å². The quantitative estimate of drug-likeness (QED) is 0.881. The SMILES string of the molecule is CCSC1CCCC1Nc1ncc(N)c(C)c1Br. The molecule has 0 radical (unpaired) electrons. The van der Waals surface area contributed by atoms with E-state index in [4.69, 9.17) is 5.73 Å². The molecule has 2 rings (SSSR count). The van der Waals surface area contributed by atoms with Crippen molar-refractivity contribution in [2.45, 2.75) is 44.4 Å². The molecule has 0 aromatic carbocycles. The second-order valence-corrected chi connectivity index (χ2v) is 6.99. The molecule has 18 heavy (non-hydrogen) atoms. The molecule has 3 N–H and O–H groups in total. The summed E-state index contributed by atoms with van der Waals surface area (Å²) in [4.78, 5) is 4.40. The molecule has 1 aliphatic carbocycles. The Bertz CT molecular complexity index is 425. The van der Waals surface area contributed by atoms with E-state index in [1.54, 1.807) is 6.20 Å². The first-order valence-corrected chi connectivity index (χ1v) is 8.26. The Labute approximate surface area is 121 Å². The highest BCUT2D eigenvalue weighted by Gasteiger charge is 2.27. The van der Waals surface area contributed by atoms with Gasteiger partial charge in [-0.1, -0.05) is 13.3 Å². The van der Waals surface area contributed by atoms with E-state index in [1.807, 2.05) is 18.7 Å². The molecule has 100 valence electrons. The summed E-state index contributed by atoms with van der Waals surface area (Å²) in [6, 6.07) is 0.529. The normalized spacial score (nSPS) is 23.3. The maximum atomic E-state index is 5.85. The molecule has 1 heterocycles. The zero-order valence-corrected chi connectivity index (χ0v) is 13.3. The summed E-state index contributed by atoms with van der Waals surface area (Å²) in [6.45, 7) is 4.24. The largest absolute Gasteiger partial charge is 0.397 e. The van der Waals surface area contributed by atoms with Crippen molar-refractivity contribution in [2.24, 2.45) is 0 Å². The number of hydrogen-bond acceptors (Lipinski definition) is 4. The van der Waals surface area contributed by atoms with Crippen molar-refractivity contribution in [1.29, 1.82) is 0 Å². The lowest BCUT2D eigenvalue weighted by Gasteiger charge is -2.22. The van der Waals surface area contributed by atoms with Crippen molar-refractivity contribution in [2.75, 3.05) is 16.8 Å². The van der Waals surface area contributed by atoms with Gasteiger partial charge in [-0.2, -0.15) is 11.8 Å². The van der Waals surface area contributed by atoms with Gasteiger partial charge in [-0.3, -0.25) is 0 Å². The first-order chi connectivity index (χ1) is 8.63. The van der Waals surface area contributed by atoms with Gasteiger partial charge < -0.3 is 11.1 Å². The van der Waals surface area contributed by atoms with Crippen LogP contribution in [0.25, 0.3) is 0 Å². The van der Waals surface area contributed by atoms with Crippen molar-refractivity contribution < 1.29 is 0 Å². The van der Waals surface area contributed by atoms with Gasteiger partial charge in [-0.15, -0.1) is 0 Å². The summed E-state index contributed by atoms with van der Waals surface area (Å²) < 4.78 is 0.995. The van der Waals surface area contributed by atoms with Gasteiger partial charge in [-0.05, 0) is 47.0 Å². The highest BCUT2D eigenvalue weighted by molar-refractivity contribution is 9.10. The topological polar surface area (TPSA) is 50.9 Å². The molecule has 0 spiro atoms. The number of halogens is 1. The minimum absolute atomic E-state index is 0.529. The van der Waals surface area contributed by atoms with Crippen LogP contribution in [-0.2, 0) is 0 Å². The number of nitrogen functional groups attached to an aromatic ring is 1. The average Bonchev–Trinajstić information content (AvgIpc) is 2.78. The maximum Gasteiger partial charge on any atom is 0.140 e. The third kappa shape index (κ3) is 2.94. The zero-order valence-electron chi connectivity index (χ0n) is 10.9. The number of nitrogens with one attached hydrogen (secondary N) is 1. The minimum Gasteiger partial charge on any atom is -0.397 e. The van der Waals surface area contributed by atoms with Crippen molar-refractivity contribution in [3.63, 3.8) is 0 Å². The number of thioether (sulfide) groups is 1. The van der Waals surface area contributed by atoms with Gasteiger partial charge in [0, 0.05) is 11.3 Å². The predicted molar refractivity (Wildman–Crippen MR) is 84.3 cm³/mol. The molecule has 1 aromatic rings. The Morgan fingerprint density at radius 2 is 2.33 bits per heavy atom. The number of pyridine rings is 1. The van der Waals surface area contributed by atoms with E-state index >= 15 is 0 Å². The Morgan fingerprint density at radius 3 is 3.06 bits per heavy atom. The molecule has 1 aliphatic rings. The van der Waals surface area contributed by atoms with Gasteiger partial charge >= 0.3 is 0 Å². The van der Waals surface area contributed by atoms with Crippen LogP contribution in [0.4, 0.5) is 11.5 Å². The monoisotopic (exact) mass is 329 g/mol. The molecule has 2 atom stereocenters. The molecule has 0 amide bonds. The summed E-state index contributed by atoms with van der Waals surface area (Å²) in [6.07, 6.45) is 5.58. The number of aromatic nitrogens is 1. The first-order valence-electron chi connectivity index (χ1n) is 6.42. The molecule has 3 nitrogen and oxygen atoms in total. The molecule has 0 bridgehead atoms. The fourth-order valence-corrected chi connectivity index (χ4v) is 4.02. The standard InChI is InChI=1S/C13H20BrN3S/c1-3-18-11-6-4-5-10(11)17-13-12(14)8(2)9(15)7-16-13/h7,10-11H,3-6,15H2,1-2H3,(H,16,17). The van der Waals surface area contributed by atoms with Crippen LogP contribution in [0.5, 0.6) is 0 Å². The molecule has 1 saturated carbocycles. The van der Waals surface area contributed by atoms with E-state index in [-0.39, 0.29) is 0 Å². The van der Waals surface area contributed by atoms with Gasteiger partial charge in [0.05, 0.1) is 16.4 Å². The lowest BCUT2D eigenvalue weighted by atomic mass is 10.2. The van der Waals surface area contributed by atoms with E-state index in [2.05, 4.69) is 33.2 Å². The lowest BCUT2D eigenvalue weighted by molar-refractivity contribution is 0.761. The number of anilines is 2. The smallest absolute Gasteiger partial charge is 0.140 e. The van der Waals surface area contributed by atoms with Crippen LogP contribution in [0.1, 0.15) is 31.7 Å². The predicted octanol–water partition coefficient (Wildman–Crippen LogP) is 3.82. The summed E-state index contributed by atoms with van der Waals surface area (Å²) >= 11 is 5.63. The fraction of sp³-hybridized carbons (Fsp3) is 0.615. The van der Waals surface area contributed by atoms with E-state index in [0.717, 1.165) is 21.5 Å². The van der Waals surface area contributed by atoms with Gasteiger partial charge in [0.2, 0.25) is 0 Å². The zero-order chi connectivity index (χ0) is 13.1. The van der Waals surface area contributed by atoms with Crippen molar-refractivity contribution in [1.82, 2.24) is 4.98 Å². The Balaban J connectivity index is 2.11. The third-order valence-corrected chi connectivity index (χ3v) is 5.75. The summed E-state index contributed by atoms with van der Waals surface area (Å²) in [5.74, 6) is 2.10. The van der Waals surface area contributed by atoms with E-state index in [0.29, 0.717) is 11.3 Å². The second-order valence-electron chi connectivity index (χ2n) is 4.68. The van der Waals surface area contributed by atoms with Gasteiger partial charge in [0.1, 0.15) is 5.82 Å². The van der Waals surface area contributed by atoms with Crippen LogP contribution in [0, 0.1) is 6.92 Å². The van der Waals surface area contributed by atoms with E-state index in [9.17, 15) is 0 Å². The highest BCUT2D eigenvalue weighted by atomic mass is 79.9. The van der Waals surface area contributed by atoms with Gasteiger partial charge in [-0.25, -0.2) is 4.98 Å². The molecule has 0 aliphatic heterocycles. The Hall–Kier alpha value is -0.420. The van der Waals surface area contributed by atoms with Crippen LogP contribution in [0.15, 0.2) is 10.7 Å². The van der Waals surface area contributed by atoms with Crippen LogP contribution in [0.2, 0.25) is 0 Å². The van der Waals surface area contributed by atoms with Crippen LogP contribution in [-0.4, -0.2) is 22.0 Å². The van der Waals surface area contributed by atoms with Crippen LogP contribution in [0.3, 0.4) is 0 Å². The van der Waals surface area contributed by atoms with E-state index < -0.39 is 0 Å². The number of nitrogens with zero attached hydrogens (tertiary/aromatic N) is 1. The molecule has 5 heteroatoms. The number of rotatable bonds is 4. The molecular formula is C13H20BrN3S. The minimum atomic E-state index is 0.529. The number of hydrogen-bond donors (Lipinski definition) is 2. The lowest BCUT2D eigenvalue weighted by Crippen LogP contribution is -2.27. The summed E-state index contributed by atoms with van der Waals surface area (Å²) in [7, 11) is 0. The molecular weight excluding hydrogens is 310 g/mol. The van der Waals surface area contributed by atoms with Crippen molar-refractivity contribution in [3.05, 3.63) is 16.2 Å². The summed E-state index contributed by atoms with van der Waals surface area (Å²) in [5.41, 5.74) is 7.64. The fourth-order valence-electron chi connectivity index (χ4n) is 2.37. The number of nitrogens with two attached hydrogens (primary N) is 1. The third-order valence-electron chi connectivity index (χ3n) is 3.46. The average molecular weight is 330 g/mol. The highest BCUT2D eigenvalue weighted by Crippen LogP contribution is 2.34. The maximum absolute atomic E-state index is 5.85.